The fraction of sp³-hybridized carbons (Fsp3) is 0.238. The number of aryl methyl sites for hydroxylation is 1. The van der Waals surface area contributed by atoms with Crippen molar-refractivity contribution in [2.75, 3.05) is 7.11 Å². The smallest absolute Gasteiger partial charge is 0.274 e. The number of halogens is 1. The van der Waals surface area contributed by atoms with Gasteiger partial charge in [-0.25, -0.2) is 0 Å². The summed E-state index contributed by atoms with van der Waals surface area (Å²) in [5.41, 5.74) is 1.77. The highest BCUT2D eigenvalue weighted by Crippen LogP contribution is 2.21. The van der Waals surface area contributed by atoms with Crippen molar-refractivity contribution >= 4 is 17.5 Å². The molecule has 28 heavy (non-hydrogen) atoms. The van der Waals surface area contributed by atoms with Crippen LogP contribution in [0.4, 0.5) is 0 Å². The zero-order valence-electron chi connectivity index (χ0n) is 15.9. The number of ether oxygens (including phenoxy) is 2. The Balaban J connectivity index is 1.68. The molecule has 0 fully saturated rings. The summed E-state index contributed by atoms with van der Waals surface area (Å²) in [4.78, 5) is 12.7. The average Bonchev–Trinajstić information content (AvgIpc) is 3.08. The standard InChI is InChI=1S/C21H21ClN2O4/c1-13(15-4-8-17(26-3)9-5-15)23-21(25)20-19(14(2)28-24-20)12-27-18-10-6-16(22)7-11-18/h4-11,13H,12H2,1-3H3,(H,23,25). The summed E-state index contributed by atoms with van der Waals surface area (Å²) >= 11 is 5.88. The highest BCUT2D eigenvalue weighted by molar-refractivity contribution is 6.30. The molecule has 1 amide bonds. The number of hydrogen-bond acceptors (Lipinski definition) is 5. The predicted octanol–water partition coefficient (Wildman–Crippen LogP) is 4.72. The fourth-order valence-electron chi connectivity index (χ4n) is 2.67. The first-order valence-electron chi connectivity index (χ1n) is 8.76. The molecule has 0 bridgehead atoms. The molecule has 1 atom stereocenters. The molecule has 0 saturated heterocycles. The van der Waals surface area contributed by atoms with E-state index in [-0.39, 0.29) is 24.2 Å². The average molecular weight is 401 g/mol. The van der Waals surface area contributed by atoms with E-state index in [9.17, 15) is 4.79 Å². The number of nitrogens with one attached hydrogen (secondary N) is 1. The molecule has 0 aliphatic carbocycles. The van der Waals surface area contributed by atoms with Crippen molar-refractivity contribution in [2.45, 2.75) is 26.5 Å². The minimum Gasteiger partial charge on any atom is -0.497 e. The maximum absolute atomic E-state index is 12.7. The van der Waals surface area contributed by atoms with Crippen molar-refractivity contribution in [3.05, 3.63) is 76.1 Å². The van der Waals surface area contributed by atoms with Gasteiger partial charge in [0.25, 0.3) is 5.91 Å². The van der Waals surface area contributed by atoms with Crippen LogP contribution in [-0.4, -0.2) is 18.2 Å². The Morgan fingerprint density at radius 1 is 1.14 bits per heavy atom. The Morgan fingerprint density at radius 2 is 1.79 bits per heavy atom. The van der Waals surface area contributed by atoms with E-state index < -0.39 is 0 Å². The highest BCUT2D eigenvalue weighted by atomic mass is 35.5. The largest absolute Gasteiger partial charge is 0.497 e. The first kappa shape index (κ1) is 19.8. The third kappa shape index (κ3) is 4.64. The second-order valence-electron chi connectivity index (χ2n) is 6.28. The second kappa shape index (κ2) is 8.80. The molecule has 3 aromatic rings. The van der Waals surface area contributed by atoms with Gasteiger partial charge >= 0.3 is 0 Å². The van der Waals surface area contributed by atoms with E-state index in [4.69, 9.17) is 25.6 Å². The summed E-state index contributed by atoms with van der Waals surface area (Å²) in [7, 11) is 1.61. The summed E-state index contributed by atoms with van der Waals surface area (Å²) in [6.07, 6.45) is 0. The van der Waals surface area contributed by atoms with Gasteiger partial charge in [-0.2, -0.15) is 0 Å². The van der Waals surface area contributed by atoms with Crippen molar-refractivity contribution in [1.29, 1.82) is 0 Å². The number of carbonyl (C=O) groups is 1. The number of aromatic nitrogens is 1. The third-order valence-corrected chi connectivity index (χ3v) is 4.61. The van der Waals surface area contributed by atoms with E-state index in [1.165, 1.54) is 0 Å². The van der Waals surface area contributed by atoms with Crippen molar-refractivity contribution < 1.29 is 18.8 Å². The van der Waals surface area contributed by atoms with Crippen LogP contribution in [0.5, 0.6) is 11.5 Å². The van der Waals surface area contributed by atoms with Crippen molar-refractivity contribution in [2.24, 2.45) is 0 Å². The number of hydrogen-bond donors (Lipinski definition) is 1. The number of carbonyl (C=O) groups excluding carboxylic acids is 1. The molecule has 2 aromatic carbocycles. The topological polar surface area (TPSA) is 73.6 Å². The molecule has 6 nitrogen and oxygen atoms in total. The fourth-order valence-corrected chi connectivity index (χ4v) is 2.79. The van der Waals surface area contributed by atoms with Crippen LogP contribution < -0.4 is 14.8 Å². The van der Waals surface area contributed by atoms with Crippen LogP contribution in [0.15, 0.2) is 53.1 Å². The van der Waals surface area contributed by atoms with Crippen LogP contribution in [0.25, 0.3) is 0 Å². The molecule has 0 radical (unpaired) electrons. The van der Waals surface area contributed by atoms with Gasteiger partial charge in [-0.15, -0.1) is 0 Å². The first-order chi connectivity index (χ1) is 13.5. The quantitative estimate of drug-likeness (QED) is 0.621. The zero-order valence-corrected chi connectivity index (χ0v) is 16.6. The third-order valence-electron chi connectivity index (χ3n) is 4.36. The Labute approximate surface area is 168 Å². The summed E-state index contributed by atoms with van der Waals surface area (Å²) < 4.78 is 16.1. The predicted molar refractivity (Wildman–Crippen MR) is 106 cm³/mol. The van der Waals surface area contributed by atoms with Crippen molar-refractivity contribution in [1.82, 2.24) is 10.5 Å². The SMILES string of the molecule is COc1ccc(C(C)NC(=O)c2noc(C)c2COc2ccc(Cl)cc2)cc1. The minimum atomic E-state index is -0.324. The van der Waals surface area contributed by atoms with Gasteiger partial charge in [-0.1, -0.05) is 28.9 Å². The molecule has 146 valence electrons. The van der Waals surface area contributed by atoms with Crippen LogP contribution in [0.2, 0.25) is 5.02 Å². The molecule has 1 heterocycles. The summed E-state index contributed by atoms with van der Waals surface area (Å²) in [5, 5.41) is 7.47. The molecule has 1 N–H and O–H groups in total. The van der Waals surface area contributed by atoms with E-state index in [0.29, 0.717) is 22.1 Å². The number of methoxy groups -OCH3 is 1. The molecule has 0 spiro atoms. The Kier molecular flexibility index (Phi) is 6.21. The molecule has 3 rings (SSSR count). The maximum atomic E-state index is 12.7. The number of nitrogens with zero attached hydrogens (tertiary/aromatic N) is 1. The minimum absolute atomic E-state index is 0.163. The molecule has 7 heteroatoms. The molecule has 0 aliphatic heterocycles. The van der Waals surface area contributed by atoms with E-state index in [0.717, 1.165) is 11.3 Å². The summed E-state index contributed by atoms with van der Waals surface area (Å²) in [5.74, 6) is 1.62. The van der Waals surface area contributed by atoms with Gasteiger partial charge in [0.05, 0.1) is 18.7 Å². The molecule has 1 aromatic heterocycles. The van der Waals surface area contributed by atoms with Gasteiger partial charge in [-0.05, 0) is 55.8 Å². The summed E-state index contributed by atoms with van der Waals surface area (Å²) in [6.45, 7) is 3.81. The molecular weight excluding hydrogens is 380 g/mol. The van der Waals surface area contributed by atoms with Gasteiger partial charge < -0.3 is 19.3 Å². The number of benzene rings is 2. The number of rotatable bonds is 7. The molecule has 1 unspecified atom stereocenters. The van der Waals surface area contributed by atoms with Crippen molar-refractivity contribution in [3.63, 3.8) is 0 Å². The van der Waals surface area contributed by atoms with E-state index >= 15 is 0 Å². The Morgan fingerprint density at radius 3 is 2.43 bits per heavy atom. The lowest BCUT2D eigenvalue weighted by Gasteiger charge is -2.14. The van der Waals surface area contributed by atoms with Gasteiger partial charge in [-0.3, -0.25) is 4.79 Å². The highest BCUT2D eigenvalue weighted by Gasteiger charge is 2.22. The van der Waals surface area contributed by atoms with Gasteiger partial charge in [0.2, 0.25) is 0 Å². The first-order valence-corrected chi connectivity index (χ1v) is 9.14. The van der Waals surface area contributed by atoms with Crippen LogP contribution in [0, 0.1) is 6.92 Å². The molecule has 0 aliphatic rings. The van der Waals surface area contributed by atoms with Gasteiger partial charge in [0.15, 0.2) is 5.69 Å². The van der Waals surface area contributed by atoms with Crippen molar-refractivity contribution in [3.8, 4) is 11.5 Å². The van der Waals surface area contributed by atoms with Crippen LogP contribution in [-0.2, 0) is 6.61 Å². The van der Waals surface area contributed by atoms with Gasteiger partial charge in [0.1, 0.15) is 23.9 Å². The Bertz CT molecular complexity index is 936. The lowest BCUT2D eigenvalue weighted by Crippen LogP contribution is -2.28. The van der Waals surface area contributed by atoms with E-state index in [1.54, 1.807) is 38.3 Å². The van der Waals surface area contributed by atoms with E-state index in [1.807, 2.05) is 31.2 Å². The lowest BCUT2D eigenvalue weighted by atomic mass is 10.1. The zero-order chi connectivity index (χ0) is 20.1. The number of amides is 1. The maximum Gasteiger partial charge on any atom is 0.274 e. The normalized spacial score (nSPS) is 11.7. The van der Waals surface area contributed by atoms with Gasteiger partial charge in [0, 0.05) is 5.02 Å². The Hall–Kier alpha value is -2.99. The monoisotopic (exact) mass is 400 g/mol. The molecule has 0 saturated carbocycles. The van der Waals surface area contributed by atoms with Crippen LogP contribution in [0.1, 0.15) is 40.3 Å². The van der Waals surface area contributed by atoms with Crippen LogP contribution >= 0.6 is 11.6 Å². The molecular formula is C21H21ClN2O4. The summed E-state index contributed by atoms with van der Waals surface area (Å²) in [6, 6.07) is 14.3. The second-order valence-corrected chi connectivity index (χ2v) is 6.71. The van der Waals surface area contributed by atoms with E-state index in [2.05, 4.69) is 10.5 Å². The van der Waals surface area contributed by atoms with Crippen LogP contribution in [0.3, 0.4) is 0 Å². The lowest BCUT2D eigenvalue weighted by molar-refractivity contribution is 0.0928.